The molecule has 0 radical (unpaired) electrons. The SMILES string of the molecule is O=C(NC1CCCC1)[C@@H](Cc1ccccc1)N(Cc1ccc(Br)cc1)C(=O)Cc1ccccc1F. The van der Waals surface area contributed by atoms with E-state index in [-0.39, 0.29) is 30.8 Å². The van der Waals surface area contributed by atoms with Gasteiger partial charge in [0.15, 0.2) is 0 Å². The zero-order chi connectivity index (χ0) is 24.6. The molecule has 4 rings (SSSR count). The van der Waals surface area contributed by atoms with Crippen LogP contribution < -0.4 is 5.32 Å². The molecule has 0 bridgehead atoms. The van der Waals surface area contributed by atoms with E-state index in [9.17, 15) is 14.0 Å². The van der Waals surface area contributed by atoms with E-state index in [0.29, 0.717) is 12.0 Å². The lowest BCUT2D eigenvalue weighted by Crippen LogP contribution is -2.52. The number of halogens is 2. The summed E-state index contributed by atoms with van der Waals surface area (Å²) in [7, 11) is 0. The Bertz CT molecular complexity index is 1130. The molecule has 3 aromatic carbocycles. The highest BCUT2D eigenvalue weighted by Gasteiger charge is 2.32. The molecule has 6 heteroatoms. The van der Waals surface area contributed by atoms with E-state index in [1.807, 2.05) is 54.6 Å². The summed E-state index contributed by atoms with van der Waals surface area (Å²) in [5.74, 6) is -0.847. The number of amides is 2. The first-order valence-electron chi connectivity index (χ1n) is 12.1. The molecule has 1 N–H and O–H groups in total. The minimum Gasteiger partial charge on any atom is -0.352 e. The summed E-state index contributed by atoms with van der Waals surface area (Å²) >= 11 is 3.45. The van der Waals surface area contributed by atoms with Gasteiger partial charge in [-0.1, -0.05) is 89.4 Å². The Morgan fingerprint density at radius 3 is 2.26 bits per heavy atom. The fraction of sp³-hybridized carbons (Fsp3) is 0.310. The van der Waals surface area contributed by atoms with Crippen molar-refractivity contribution in [1.82, 2.24) is 10.2 Å². The second-order valence-corrected chi connectivity index (χ2v) is 10.0. The van der Waals surface area contributed by atoms with Crippen LogP contribution in [0.3, 0.4) is 0 Å². The monoisotopic (exact) mass is 536 g/mol. The van der Waals surface area contributed by atoms with Gasteiger partial charge in [-0.05, 0) is 47.7 Å². The van der Waals surface area contributed by atoms with Gasteiger partial charge in [0.1, 0.15) is 11.9 Å². The fourth-order valence-corrected chi connectivity index (χ4v) is 4.88. The lowest BCUT2D eigenvalue weighted by Gasteiger charge is -2.32. The van der Waals surface area contributed by atoms with Crippen molar-refractivity contribution >= 4 is 27.7 Å². The van der Waals surface area contributed by atoms with Gasteiger partial charge in [-0.3, -0.25) is 9.59 Å². The number of hydrogen-bond donors (Lipinski definition) is 1. The molecule has 0 aromatic heterocycles. The molecule has 4 nitrogen and oxygen atoms in total. The normalized spacial score (nSPS) is 14.5. The average Bonchev–Trinajstić information content (AvgIpc) is 3.37. The number of benzene rings is 3. The minimum absolute atomic E-state index is 0.106. The molecule has 3 aromatic rings. The number of hydrogen-bond acceptors (Lipinski definition) is 2. The third-order valence-corrected chi connectivity index (χ3v) is 7.07. The fourth-order valence-electron chi connectivity index (χ4n) is 4.61. The van der Waals surface area contributed by atoms with Gasteiger partial charge in [-0.15, -0.1) is 0 Å². The average molecular weight is 537 g/mol. The Morgan fingerprint density at radius 2 is 1.57 bits per heavy atom. The number of rotatable bonds is 9. The van der Waals surface area contributed by atoms with Crippen LogP contribution in [0.2, 0.25) is 0 Å². The summed E-state index contributed by atoms with van der Waals surface area (Å²) in [5, 5.41) is 3.19. The first kappa shape index (κ1) is 25.1. The summed E-state index contributed by atoms with van der Waals surface area (Å²) in [6.45, 7) is 0.260. The van der Waals surface area contributed by atoms with Crippen LogP contribution in [0.5, 0.6) is 0 Å². The van der Waals surface area contributed by atoms with Crippen LogP contribution in [0.15, 0.2) is 83.3 Å². The van der Waals surface area contributed by atoms with Crippen molar-refractivity contribution in [2.24, 2.45) is 0 Å². The largest absolute Gasteiger partial charge is 0.352 e. The van der Waals surface area contributed by atoms with Crippen molar-refractivity contribution in [3.05, 3.63) is 106 Å². The van der Waals surface area contributed by atoms with Crippen LogP contribution in [-0.2, 0) is 29.0 Å². The van der Waals surface area contributed by atoms with Crippen LogP contribution in [0, 0.1) is 5.82 Å². The zero-order valence-electron chi connectivity index (χ0n) is 19.6. The predicted octanol–water partition coefficient (Wildman–Crippen LogP) is 5.83. The third kappa shape index (κ3) is 7.01. The topological polar surface area (TPSA) is 49.4 Å². The molecule has 0 aliphatic heterocycles. The number of nitrogens with zero attached hydrogens (tertiary/aromatic N) is 1. The molecule has 1 fully saturated rings. The van der Waals surface area contributed by atoms with E-state index in [2.05, 4.69) is 21.2 Å². The van der Waals surface area contributed by atoms with Crippen molar-refractivity contribution in [1.29, 1.82) is 0 Å². The van der Waals surface area contributed by atoms with Gasteiger partial charge in [0, 0.05) is 23.5 Å². The second kappa shape index (κ2) is 12.1. The summed E-state index contributed by atoms with van der Waals surface area (Å²) in [4.78, 5) is 28.9. The van der Waals surface area contributed by atoms with E-state index >= 15 is 0 Å². The summed E-state index contributed by atoms with van der Waals surface area (Å²) < 4.78 is 15.3. The van der Waals surface area contributed by atoms with Crippen LogP contribution in [0.1, 0.15) is 42.4 Å². The maximum atomic E-state index is 14.4. The van der Waals surface area contributed by atoms with Crippen LogP contribution in [0.4, 0.5) is 4.39 Å². The molecule has 1 saturated carbocycles. The number of nitrogens with one attached hydrogen (secondary N) is 1. The van der Waals surface area contributed by atoms with E-state index in [1.165, 1.54) is 6.07 Å². The van der Waals surface area contributed by atoms with Gasteiger partial charge in [-0.25, -0.2) is 4.39 Å². The lowest BCUT2D eigenvalue weighted by molar-refractivity contribution is -0.141. The Kier molecular flexibility index (Phi) is 8.69. The highest BCUT2D eigenvalue weighted by Crippen LogP contribution is 2.21. The van der Waals surface area contributed by atoms with Crippen LogP contribution in [0.25, 0.3) is 0 Å². The molecular weight excluding hydrogens is 507 g/mol. The van der Waals surface area contributed by atoms with Crippen molar-refractivity contribution in [2.45, 2.75) is 57.2 Å². The quantitative estimate of drug-likeness (QED) is 0.374. The molecule has 1 aliphatic carbocycles. The maximum Gasteiger partial charge on any atom is 0.243 e. The van der Waals surface area contributed by atoms with Gasteiger partial charge in [0.05, 0.1) is 6.42 Å². The smallest absolute Gasteiger partial charge is 0.243 e. The molecule has 35 heavy (non-hydrogen) atoms. The first-order valence-corrected chi connectivity index (χ1v) is 12.9. The maximum absolute atomic E-state index is 14.4. The van der Waals surface area contributed by atoms with Crippen LogP contribution in [-0.4, -0.2) is 28.8 Å². The highest BCUT2D eigenvalue weighted by molar-refractivity contribution is 9.10. The first-order chi connectivity index (χ1) is 17.0. The van der Waals surface area contributed by atoms with Gasteiger partial charge < -0.3 is 10.2 Å². The van der Waals surface area contributed by atoms with Crippen molar-refractivity contribution in [3.63, 3.8) is 0 Å². The summed E-state index contributed by atoms with van der Waals surface area (Å²) in [5.41, 5.74) is 2.20. The van der Waals surface area contributed by atoms with E-state index < -0.39 is 11.9 Å². The Morgan fingerprint density at radius 1 is 0.914 bits per heavy atom. The molecule has 1 atom stereocenters. The third-order valence-electron chi connectivity index (χ3n) is 6.54. The Hall–Kier alpha value is -2.99. The van der Waals surface area contributed by atoms with Crippen molar-refractivity contribution in [2.75, 3.05) is 0 Å². The van der Waals surface area contributed by atoms with E-state index in [1.54, 1.807) is 23.1 Å². The standard InChI is InChI=1S/C29H30BrFN2O2/c30-24-16-14-22(15-17-24)20-33(28(34)19-23-10-4-7-13-26(23)31)27(18-21-8-2-1-3-9-21)29(35)32-25-11-5-6-12-25/h1-4,7-10,13-17,25,27H,5-6,11-12,18-20H2,(H,32,35)/t27-/m1/s1. The predicted molar refractivity (Wildman–Crippen MR) is 139 cm³/mol. The molecule has 0 heterocycles. The van der Waals surface area contributed by atoms with Gasteiger partial charge in [0.25, 0.3) is 0 Å². The molecule has 0 saturated heterocycles. The van der Waals surface area contributed by atoms with E-state index in [0.717, 1.165) is 41.3 Å². The van der Waals surface area contributed by atoms with Crippen molar-refractivity contribution < 1.29 is 14.0 Å². The van der Waals surface area contributed by atoms with Crippen molar-refractivity contribution in [3.8, 4) is 0 Å². The van der Waals surface area contributed by atoms with Crippen LogP contribution >= 0.6 is 15.9 Å². The summed E-state index contributed by atoms with van der Waals surface area (Å²) in [6.07, 6.45) is 4.40. The molecular formula is C29H30BrFN2O2. The minimum atomic E-state index is -0.707. The molecule has 0 spiro atoms. The molecule has 0 unspecified atom stereocenters. The Labute approximate surface area is 214 Å². The second-order valence-electron chi connectivity index (χ2n) is 9.11. The highest BCUT2D eigenvalue weighted by atomic mass is 79.9. The summed E-state index contributed by atoms with van der Waals surface area (Å²) in [6, 6.07) is 23.2. The molecule has 1 aliphatic rings. The van der Waals surface area contributed by atoms with Gasteiger partial charge in [0.2, 0.25) is 11.8 Å². The Balaban J connectivity index is 1.66. The van der Waals surface area contributed by atoms with Gasteiger partial charge in [-0.2, -0.15) is 0 Å². The molecule has 2 amide bonds. The number of carbonyl (C=O) groups is 2. The zero-order valence-corrected chi connectivity index (χ0v) is 21.2. The van der Waals surface area contributed by atoms with E-state index in [4.69, 9.17) is 0 Å². The number of carbonyl (C=O) groups excluding carboxylic acids is 2. The van der Waals surface area contributed by atoms with Gasteiger partial charge >= 0.3 is 0 Å². The molecule has 182 valence electrons. The lowest BCUT2D eigenvalue weighted by atomic mass is 10.0.